The number of ether oxygens (including phenoxy) is 2. The number of amides is 4. The third-order valence-electron chi connectivity index (χ3n) is 4.29. The van der Waals surface area contributed by atoms with E-state index in [-0.39, 0.29) is 22.2 Å². The minimum atomic E-state index is -1.34. The van der Waals surface area contributed by atoms with Crippen LogP contribution in [0.4, 0.5) is 14.9 Å². The number of carbonyl (C=O) groups is 4. The van der Waals surface area contributed by atoms with Gasteiger partial charge in [0.25, 0.3) is 11.8 Å². The maximum atomic E-state index is 13.0. The Morgan fingerprint density at radius 2 is 1.94 bits per heavy atom. The summed E-state index contributed by atoms with van der Waals surface area (Å²) >= 11 is 6.25. The zero-order valence-electron chi connectivity index (χ0n) is 17.1. The maximum Gasteiger partial charge on any atom is 0.329 e. The average Bonchev–Trinajstić information content (AvgIpc) is 3.01. The zero-order chi connectivity index (χ0) is 24.1. The molecule has 1 fully saturated rings. The highest BCUT2D eigenvalue weighted by Crippen LogP contribution is 2.37. The van der Waals surface area contributed by atoms with E-state index in [4.69, 9.17) is 26.2 Å². The summed E-state index contributed by atoms with van der Waals surface area (Å²) < 4.78 is 23.7. The molecule has 0 aromatic heterocycles. The quantitative estimate of drug-likeness (QED) is 0.392. The lowest BCUT2D eigenvalue weighted by Crippen LogP contribution is -2.35. The monoisotopic (exact) mass is 477 g/mol. The minimum absolute atomic E-state index is 0.0509. The van der Waals surface area contributed by atoms with Gasteiger partial charge in [-0.2, -0.15) is 0 Å². The van der Waals surface area contributed by atoms with Gasteiger partial charge in [-0.1, -0.05) is 11.6 Å². The molecule has 0 atom stereocenters. The number of imide groups is 1. The lowest BCUT2D eigenvalue weighted by Gasteiger charge is -2.13. The minimum Gasteiger partial charge on any atom is -0.493 e. The van der Waals surface area contributed by atoms with Crippen molar-refractivity contribution in [3.63, 3.8) is 0 Å². The van der Waals surface area contributed by atoms with Gasteiger partial charge in [-0.25, -0.2) is 14.1 Å². The van der Waals surface area contributed by atoms with Crippen molar-refractivity contribution in [2.45, 2.75) is 0 Å². The first-order valence-corrected chi connectivity index (χ1v) is 9.68. The molecular formula is C21H17ClFN3O7. The van der Waals surface area contributed by atoms with E-state index in [0.29, 0.717) is 16.2 Å². The number of benzene rings is 2. The number of anilines is 1. The van der Waals surface area contributed by atoms with Crippen molar-refractivity contribution < 1.29 is 38.1 Å². The van der Waals surface area contributed by atoms with E-state index in [1.54, 1.807) is 0 Å². The molecule has 4 amide bonds. The fourth-order valence-electron chi connectivity index (χ4n) is 2.85. The Morgan fingerprint density at radius 3 is 2.58 bits per heavy atom. The third-order valence-corrected chi connectivity index (χ3v) is 4.57. The Bertz CT molecular complexity index is 1150. The normalized spacial score (nSPS) is 14.3. The number of carboxylic acid groups (broad SMARTS) is 1. The number of aliphatic carboxylic acids is 1. The largest absolute Gasteiger partial charge is 0.493 e. The van der Waals surface area contributed by atoms with Crippen molar-refractivity contribution in [3.8, 4) is 11.5 Å². The molecule has 0 spiro atoms. The number of rotatable bonds is 8. The van der Waals surface area contributed by atoms with Crippen LogP contribution >= 0.6 is 11.6 Å². The van der Waals surface area contributed by atoms with Crippen molar-refractivity contribution in [1.29, 1.82) is 0 Å². The van der Waals surface area contributed by atoms with Gasteiger partial charge >= 0.3 is 12.0 Å². The first kappa shape index (κ1) is 23.5. The predicted molar refractivity (Wildman–Crippen MR) is 114 cm³/mol. The van der Waals surface area contributed by atoms with Crippen LogP contribution < -0.4 is 20.1 Å². The van der Waals surface area contributed by atoms with Crippen LogP contribution in [0, 0.1) is 5.82 Å². The predicted octanol–water partition coefficient (Wildman–Crippen LogP) is 2.48. The van der Waals surface area contributed by atoms with Gasteiger partial charge in [0, 0.05) is 5.69 Å². The molecule has 12 heteroatoms. The van der Waals surface area contributed by atoms with Crippen molar-refractivity contribution in [3.05, 3.63) is 58.5 Å². The highest BCUT2D eigenvalue weighted by Gasteiger charge is 2.35. The molecule has 10 nitrogen and oxygen atoms in total. The van der Waals surface area contributed by atoms with Crippen molar-refractivity contribution in [1.82, 2.24) is 10.2 Å². The summed E-state index contributed by atoms with van der Waals surface area (Å²) in [7, 11) is 1.34. The third kappa shape index (κ3) is 5.77. The Balaban J connectivity index is 1.73. The van der Waals surface area contributed by atoms with E-state index in [0.717, 1.165) is 0 Å². The molecule has 1 heterocycles. The number of hydrogen-bond donors (Lipinski definition) is 3. The van der Waals surface area contributed by atoms with Gasteiger partial charge in [0.2, 0.25) is 0 Å². The summed E-state index contributed by atoms with van der Waals surface area (Å²) in [6.07, 6.45) is 1.29. The zero-order valence-corrected chi connectivity index (χ0v) is 17.8. The summed E-state index contributed by atoms with van der Waals surface area (Å²) in [6.45, 7) is -1.20. The van der Waals surface area contributed by atoms with Crippen LogP contribution in [0.2, 0.25) is 5.02 Å². The number of methoxy groups -OCH3 is 1. The number of urea groups is 1. The van der Waals surface area contributed by atoms with Crippen LogP contribution in [-0.4, -0.2) is 54.1 Å². The van der Waals surface area contributed by atoms with E-state index in [1.807, 2.05) is 0 Å². The van der Waals surface area contributed by atoms with Gasteiger partial charge in [0.1, 0.15) is 18.1 Å². The number of nitrogens with zero attached hydrogens (tertiary/aromatic N) is 1. The number of carboxylic acids is 1. The summed E-state index contributed by atoms with van der Waals surface area (Å²) in [5.41, 5.74) is 0.581. The SMILES string of the molecule is COc1cc(/C=C2/NC(=O)N(CC(=O)O)C2=O)cc(Cl)c1OCC(=O)Nc1ccc(F)cc1. The fraction of sp³-hybridized carbons (Fsp3) is 0.143. The highest BCUT2D eigenvalue weighted by molar-refractivity contribution is 6.32. The molecule has 3 N–H and O–H groups in total. The molecule has 0 radical (unpaired) electrons. The molecule has 1 aliphatic rings. The second-order valence-corrected chi connectivity index (χ2v) is 7.06. The van der Waals surface area contributed by atoms with E-state index in [1.165, 1.54) is 49.6 Å². The van der Waals surface area contributed by atoms with Crippen molar-refractivity contribution >= 4 is 47.2 Å². The molecule has 0 aliphatic carbocycles. The Kier molecular flexibility index (Phi) is 7.13. The van der Waals surface area contributed by atoms with Crippen molar-refractivity contribution in [2.24, 2.45) is 0 Å². The molecular weight excluding hydrogens is 461 g/mol. The first-order chi connectivity index (χ1) is 15.7. The lowest BCUT2D eigenvalue weighted by atomic mass is 10.1. The van der Waals surface area contributed by atoms with Crippen LogP contribution in [0.1, 0.15) is 5.56 Å². The lowest BCUT2D eigenvalue weighted by molar-refractivity contribution is -0.140. The maximum absolute atomic E-state index is 13.0. The van der Waals surface area contributed by atoms with E-state index in [9.17, 15) is 23.6 Å². The molecule has 0 unspecified atom stereocenters. The molecule has 1 saturated heterocycles. The molecule has 0 bridgehead atoms. The number of carbonyl (C=O) groups excluding carboxylic acids is 3. The molecule has 1 aliphatic heterocycles. The molecule has 3 rings (SSSR count). The topological polar surface area (TPSA) is 134 Å². The molecule has 2 aromatic carbocycles. The summed E-state index contributed by atoms with van der Waals surface area (Å²) in [6, 6.07) is 7.17. The van der Waals surface area contributed by atoms with Crippen LogP contribution in [0.25, 0.3) is 6.08 Å². The van der Waals surface area contributed by atoms with Gasteiger partial charge < -0.3 is 25.2 Å². The molecule has 33 heavy (non-hydrogen) atoms. The first-order valence-electron chi connectivity index (χ1n) is 9.30. The molecule has 0 saturated carbocycles. The molecule has 2 aromatic rings. The second-order valence-electron chi connectivity index (χ2n) is 6.65. The number of halogens is 2. The van der Waals surface area contributed by atoms with Crippen LogP contribution in [-0.2, 0) is 14.4 Å². The summed E-state index contributed by atoms with van der Waals surface area (Å²) in [5, 5.41) is 13.7. The average molecular weight is 478 g/mol. The summed E-state index contributed by atoms with van der Waals surface area (Å²) in [4.78, 5) is 47.6. The van der Waals surface area contributed by atoms with Gasteiger partial charge in [0.15, 0.2) is 18.1 Å². The summed E-state index contributed by atoms with van der Waals surface area (Å²) in [5.74, 6) is -2.91. The number of hydrogen-bond acceptors (Lipinski definition) is 6. The standard InChI is InChI=1S/C21H17ClFN3O7/c1-32-16-8-11(7-15-20(30)26(9-18(28)29)21(31)25-15)6-14(22)19(16)33-10-17(27)24-13-4-2-12(23)3-5-13/h2-8H,9-10H2,1H3,(H,24,27)(H,25,31)(H,28,29)/b15-7+. The van der Waals surface area contributed by atoms with Crippen molar-refractivity contribution in [2.75, 3.05) is 25.6 Å². The Morgan fingerprint density at radius 1 is 1.24 bits per heavy atom. The highest BCUT2D eigenvalue weighted by atomic mass is 35.5. The van der Waals surface area contributed by atoms with Gasteiger partial charge in [-0.05, 0) is 48.0 Å². The van der Waals surface area contributed by atoms with Gasteiger partial charge in [0.05, 0.1) is 12.1 Å². The van der Waals surface area contributed by atoms with Crippen LogP contribution in [0.5, 0.6) is 11.5 Å². The van der Waals surface area contributed by atoms with Gasteiger partial charge in [-0.15, -0.1) is 0 Å². The second kappa shape index (κ2) is 10.0. The van der Waals surface area contributed by atoms with E-state index in [2.05, 4.69) is 10.6 Å². The van der Waals surface area contributed by atoms with Gasteiger partial charge in [-0.3, -0.25) is 14.4 Å². The Labute approximate surface area is 191 Å². The Hall–Kier alpha value is -4.12. The van der Waals surface area contributed by atoms with Crippen LogP contribution in [0.3, 0.4) is 0 Å². The molecule has 172 valence electrons. The van der Waals surface area contributed by atoms with E-state index < -0.39 is 42.8 Å². The van der Waals surface area contributed by atoms with Crippen LogP contribution in [0.15, 0.2) is 42.1 Å². The number of nitrogens with one attached hydrogen (secondary N) is 2. The van der Waals surface area contributed by atoms with E-state index >= 15 is 0 Å². The fourth-order valence-corrected chi connectivity index (χ4v) is 3.12. The smallest absolute Gasteiger partial charge is 0.329 e.